The Morgan fingerprint density at radius 3 is 2.29 bits per heavy atom. The molecule has 7 atom stereocenters. The fourth-order valence-electron chi connectivity index (χ4n) is 9.55. The molecule has 334 valence electrons. The highest BCUT2D eigenvalue weighted by molar-refractivity contribution is 6.07. The highest BCUT2D eigenvalue weighted by Crippen LogP contribution is 2.44. The van der Waals surface area contributed by atoms with E-state index >= 15 is 0 Å². The SMILES string of the molecule is CCC(C)[C@H](NC(=O)OC)C(=O)N1C[C@@H](C)C[C@H]1c1ncc(-c2ccc3c(c2)COc2cc4c(ccc5nc([C@@H]6C[C@H](COC)CN6C(=O)C(NC(=O)OC)C(C)C)[nH]c54)cc2-3)[nH]1. The van der Waals surface area contributed by atoms with Crippen molar-refractivity contribution >= 4 is 45.8 Å². The first-order valence-corrected chi connectivity index (χ1v) is 21.9. The van der Waals surface area contributed by atoms with Crippen molar-refractivity contribution < 1.29 is 38.1 Å². The number of benzene rings is 3. The van der Waals surface area contributed by atoms with E-state index in [2.05, 4.69) is 63.9 Å². The molecular formula is C47H58N8O8. The van der Waals surface area contributed by atoms with Crippen molar-refractivity contribution in [3.05, 3.63) is 65.9 Å². The molecule has 8 rings (SSSR count). The van der Waals surface area contributed by atoms with Crippen molar-refractivity contribution in [3.8, 4) is 28.1 Å². The molecule has 2 unspecified atom stereocenters. The van der Waals surface area contributed by atoms with Gasteiger partial charge in [-0.3, -0.25) is 9.59 Å². The van der Waals surface area contributed by atoms with Crippen LogP contribution in [0.4, 0.5) is 9.59 Å². The summed E-state index contributed by atoms with van der Waals surface area (Å²) in [5, 5.41) is 7.47. The van der Waals surface area contributed by atoms with E-state index in [-0.39, 0.29) is 47.6 Å². The second-order valence-corrected chi connectivity index (χ2v) is 17.8. The van der Waals surface area contributed by atoms with Crippen molar-refractivity contribution in [2.24, 2.45) is 23.7 Å². The van der Waals surface area contributed by atoms with E-state index in [1.165, 1.54) is 14.2 Å². The number of ether oxygens (including phenoxy) is 4. The molecule has 16 nitrogen and oxygen atoms in total. The van der Waals surface area contributed by atoms with Crippen LogP contribution in [-0.2, 0) is 30.4 Å². The summed E-state index contributed by atoms with van der Waals surface area (Å²) in [4.78, 5) is 73.0. The zero-order chi connectivity index (χ0) is 44.7. The molecule has 5 aromatic rings. The molecule has 16 heteroatoms. The summed E-state index contributed by atoms with van der Waals surface area (Å²) in [6, 6.07) is 12.5. The summed E-state index contributed by atoms with van der Waals surface area (Å²) in [6.07, 6.45) is 2.67. The van der Waals surface area contributed by atoms with E-state index in [0.717, 1.165) is 68.3 Å². The average Bonchev–Trinajstić information content (AvgIpc) is 4.11. The number of rotatable bonds is 12. The number of H-pyrrole nitrogens is 2. The summed E-state index contributed by atoms with van der Waals surface area (Å²) >= 11 is 0. The molecule has 0 radical (unpaired) electrons. The number of nitrogens with zero attached hydrogens (tertiary/aromatic N) is 4. The maximum Gasteiger partial charge on any atom is 0.407 e. The van der Waals surface area contributed by atoms with Crippen LogP contribution in [0.25, 0.3) is 44.2 Å². The summed E-state index contributed by atoms with van der Waals surface area (Å²) in [5.74, 6) is 1.93. The maximum atomic E-state index is 14.1. The lowest BCUT2D eigenvalue weighted by Crippen LogP contribution is -2.51. The first kappa shape index (κ1) is 43.5. The molecule has 3 aliphatic rings. The fraction of sp³-hybridized carbons (Fsp3) is 0.489. The molecule has 4 amide bonds. The number of nitrogens with one attached hydrogen (secondary N) is 4. The lowest BCUT2D eigenvalue weighted by Gasteiger charge is -2.30. The highest BCUT2D eigenvalue weighted by atomic mass is 16.5. The number of aromatic amines is 2. The number of hydrogen-bond acceptors (Lipinski definition) is 10. The Balaban J connectivity index is 1.05. The van der Waals surface area contributed by atoms with Gasteiger partial charge in [0.25, 0.3) is 0 Å². The minimum Gasteiger partial charge on any atom is -0.488 e. The predicted octanol–water partition coefficient (Wildman–Crippen LogP) is 7.26. The number of carbonyl (C=O) groups excluding carboxylic acids is 4. The van der Waals surface area contributed by atoms with Crippen LogP contribution in [0, 0.1) is 23.7 Å². The zero-order valence-electron chi connectivity index (χ0n) is 37.2. The Bertz CT molecular complexity index is 2530. The lowest BCUT2D eigenvalue weighted by atomic mass is 9.92. The molecule has 2 saturated heterocycles. The molecule has 5 heterocycles. The molecule has 0 aliphatic carbocycles. The second-order valence-electron chi connectivity index (χ2n) is 17.8. The first-order chi connectivity index (χ1) is 30.3. The summed E-state index contributed by atoms with van der Waals surface area (Å²) in [5.41, 5.74) is 6.52. The Hall–Kier alpha value is -6.16. The third kappa shape index (κ3) is 8.40. The number of methoxy groups -OCH3 is 3. The number of alkyl carbamates (subject to hydrolysis) is 2. The largest absolute Gasteiger partial charge is 0.488 e. The van der Waals surface area contributed by atoms with Gasteiger partial charge in [-0.2, -0.15) is 0 Å². The summed E-state index contributed by atoms with van der Waals surface area (Å²) in [6.45, 7) is 11.8. The van der Waals surface area contributed by atoms with E-state index in [1.807, 2.05) is 49.8 Å². The van der Waals surface area contributed by atoms with Gasteiger partial charge in [0.1, 0.15) is 36.1 Å². The summed E-state index contributed by atoms with van der Waals surface area (Å²) < 4.78 is 21.6. The third-order valence-electron chi connectivity index (χ3n) is 13.1. The molecule has 0 saturated carbocycles. The van der Waals surface area contributed by atoms with Crippen LogP contribution in [0.5, 0.6) is 5.75 Å². The lowest BCUT2D eigenvalue weighted by molar-refractivity contribution is -0.136. The molecule has 2 aromatic heterocycles. The van der Waals surface area contributed by atoms with Crippen LogP contribution in [0.2, 0.25) is 0 Å². The standard InChI is InChI=1S/C47H58N8O8/c1-9-26(5)40(53-47(59)62-8)45(57)54-20-25(4)14-36(54)42-48-19-35(50-42)29-10-12-31-30(16-29)23-63-38-18-32-28(17-33(31)38)11-13-34-41(32)51-43(49-34)37-15-27(22-60-6)21-55(37)44(56)39(24(2)3)52-46(58)61-7/h10-13,16-19,24-27,36-37,39-40H,9,14-15,20-23H2,1-8H3,(H,48,50)(H,49,51)(H,52,58)(H,53,59)/t25-,26?,27-,36-,37-,39?,40-/m0/s1. The van der Waals surface area contributed by atoms with Gasteiger partial charge in [-0.15, -0.1) is 0 Å². The highest BCUT2D eigenvalue weighted by Gasteiger charge is 2.43. The molecule has 0 bridgehead atoms. The van der Waals surface area contributed by atoms with Crippen LogP contribution in [0.1, 0.15) is 83.2 Å². The zero-order valence-corrected chi connectivity index (χ0v) is 37.2. The molecule has 0 spiro atoms. The van der Waals surface area contributed by atoms with Gasteiger partial charge in [0, 0.05) is 37.1 Å². The van der Waals surface area contributed by atoms with E-state index in [0.29, 0.717) is 44.4 Å². The molecule has 2 fully saturated rings. The van der Waals surface area contributed by atoms with Gasteiger partial charge in [-0.25, -0.2) is 19.6 Å². The topological polar surface area (TPSA) is 193 Å². The van der Waals surface area contributed by atoms with Crippen molar-refractivity contribution in [2.75, 3.05) is 41.0 Å². The Labute approximate surface area is 366 Å². The number of amides is 4. The Kier molecular flexibility index (Phi) is 12.4. The van der Waals surface area contributed by atoms with Gasteiger partial charge in [0.2, 0.25) is 11.8 Å². The number of carbonyl (C=O) groups is 4. The van der Waals surface area contributed by atoms with Crippen LogP contribution in [0.3, 0.4) is 0 Å². The minimum atomic E-state index is -0.762. The van der Waals surface area contributed by atoms with E-state index < -0.39 is 24.3 Å². The molecule has 63 heavy (non-hydrogen) atoms. The van der Waals surface area contributed by atoms with E-state index in [1.54, 1.807) is 7.11 Å². The number of hydrogen-bond donors (Lipinski definition) is 4. The van der Waals surface area contributed by atoms with Crippen LogP contribution in [0.15, 0.2) is 48.7 Å². The smallest absolute Gasteiger partial charge is 0.407 e. The second kappa shape index (κ2) is 17.9. The van der Waals surface area contributed by atoms with Gasteiger partial charge < -0.3 is 49.3 Å². The van der Waals surface area contributed by atoms with Crippen molar-refractivity contribution in [1.29, 1.82) is 0 Å². The fourth-order valence-corrected chi connectivity index (χ4v) is 9.55. The number of aromatic nitrogens is 4. The van der Waals surface area contributed by atoms with Crippen molar-refractivity contribution in [2.45, 2.75) is 84.7 Å². The van der Waals surface area contributed by atoms with Gasteiger partial charge in [-0.05, 0) is 76.9 Å². The van der Waals surface area contributed by atoms with Gasteiger partial charge in [-0.1, -0.05) is 59.2 Å². The average molecular weight is 863 g/mol. The Morgan fingerprint density at radius 2 is 1.57 bits per heavy atom. The minimum absolute atomic E-state index is 0.0789. The first-order valence-electron chi connectivity index (χ1n) is 21.9. The van der Waals surface area contributed by atoms with Crippen molar-refractivity contribution in [3.63, 3.8) is 0 Å². The molecule has 3 aliphatic heterocycles. The normalized spacial score (nSPS) is 20.8. The number of fused-ring (bicyclic) bond motifs is 6. The predicted molar refractivity (Wildman–Crippen MR) is 237 cm³/mol. The van der Waals surface area contributed by atoms with E-state index in [4.69, 9.17) is 28.9 Å². The van der Waals surface area contributed by atoms with Crippen LogP contribution >= 0.6 is 0 Å². The van der Waals surface area contributed by atoms with Crippen molar-refractivity contribution in [1.82, 2.24) is 40.4 Å². The van der Waals surface area contributed by atoms with Crippen LogP contribution in [-0.4, -0.2) is 107 Å². The number of likely N-dealkylation sites (tertiary alicyclic amines) is 2. The quantitative estimate of drug-likeness (QED) is 0.0992. The van der Waals surface area contributed by atoms with Gasteiger partial charge in [0.15, 0.2) is 0 Å². The number of imidazole rings is 2. The van der Waals surface area contributed by atoms with Gasteiger partial charge >= 0.3 is 12.2 Å². The monoisotopic (exact) mass is 862 g/mol. The van der Waals surface area contributed by atoms with Gasteiger partial charge in [0.05, 0.1) is 55.8 Å². The molecular weight excluding hydrogens is 805 g/mol. The van der Waals surface area contributed by atoms with E-state index in [9.17, 15) is 19.2 Å². The summed E-state index contributed by atoms with van der Waals surface area (Å²) in [7, 11) is 4.25. The Morgan fingerprint density at radius 1 is 0.857 bits per heavy atom. The molecule has 4 N–H and O–H groups in total. The molecule has 3 aromatic carbocycles. The van der Waals surface area contributed by atoms with Crippen LogP contribution < -0.4 is 15.4 Å². The maximum absolute atomic E-state index is 14.1. The third-order valence-corrected chi connectivity index (χ3v) is 13.1.